The van der Waals surface area contributed by atoms with Gasteiger partial charge in [0, 0.05) is 28.7 Å². The normalized spacial score (nSPS) is 11.9. The van der Waals surface area contributed by atoms with Crippen molar-refractivity contribution >= 4 is 62.3 Å². The summed E-state index contributed by atoms with van der Waals surface area (Å²) in [7, 11) is -2.80. The van der Waals surface area contributed by atoms with Crippen molar-refractivity contribution in [2.75, 3.05) is 24.5 Å². The number of nitrogens with one attached hydrogen (secondary N) is 1. The minimum atomic E-state index is -4.23. The van der Waals surface area contributed by atoms with Gasteiger partial charge >= 0.3 is 0 Å². The number of carbonyl (C=O) groups excluding carboxylic acids is 2. The van der Waals surface area contributed by atoms with E-state index in [2.05, 4.69) is 5.32 Å². The van der Waals surface area contributed by atoms with Gasteiger partial charge in [-0.15, -0.1) is 0 Å². The first kappa shape index (κ1) is 30.6. The number of hydrogen-bond acceptors (Lipinski definition) is 5. The Morgan fingerprint density at radius 1 is 0.949 bits per heavy atom. The number of carbonyl (C=O) groups is 2. The van der Waals surface area contributed by atoms with Crippen molar-refractivity contribution in [3.63, 3.8) is 0 Å². The topological polar surface area (TPSA) is 96.0 Å². The molecule has 3 aromatic carbocycles. The van der Waals surface area contributed by atoms with Gasteiger partial charge in [-0.25, -0.2) is 8.42 Å². The van der Waals surface area contributed by atoms with Crippen LogP contribution in [0.2, 0.25) is 15.1 Å². The number of amides is 2. The van der Waals surface area contributed by atoms with Crippen LogP contribution in [0.15, 0.2) is 71.6 Å². The molecule has 0 bridgehead atoms. The smallest absolute Gasteiger partial charge is 0.264 e. The fraction of sp³-hybridized carbons (Fsp3) is 0.259. The van der Waals surface area contributed by atoms with E-state index in [1.165, 1.54) is 42.3 Å². The third-order valence-electron chi connectivity index (χ3n) is 5.94. The molecule has 3 aromatic rings. The number of sulfonamides is 1. The molecular formula is C27H28Cl3N3O5S. The molecule has 0 aliphatic carbocycles. The number of methoxy groups -OCH3 is 1. The highest BCUT2D eigenvalue weighted by molar-refractivity contribution is 7.92. The number of ether oxygens (including phenoxy) is 1. The molecule has 0 saturated carbocycles. The molecule has 0 fully saturated rings. The van der Waals surface area contributed by atoms with Crippen molar-refractivity contribution in [2.45, 2.75) is 31.3 Å². The molecule has 0 aliphatic heterocycles. The van der Waals surface area contributed by atoms with Crippen LogP contribution >= 0.6 is 34.8 Å². The second-order valence-corrected chi connectivity index (χ2v) is 11.5. The number of likely N-dealkylation sites (N-methyl/N-ethyl adjacent to an activating group) is 1. The summed E-state index contributed by atoms with van der Waals surface area (Å²) in [5.41, 5.74) is 0.565. The maximum absolute atomic E-state index is 13.9. The zero-order valence-corrected chi connectivity index (χ0v) is 24.6. The van der Waals surface area contributed by atoms with Crippen LogP contribution < -0.4 is 14.4 Å². The highest BCUT2D eigenvalue weighted by Gasteiger charge is 2.33. The summed E-state index contributed by atoms with van der Waals surface area (Å²) in [6, 6.07) is 16.0. The number of hydrogen-bond donors (Lipinski definition) is 1. The van der Waals surface area contributed by atoms with Crippen LogP contribution in [-0.2, 0) is 26.2 Å². The van der Waals surface area contributed by atoms with Gasteiger partial charge in [0.05, 0.1) is 22.7 Å². The quantitative estimate of drug-likeness (QED) is 0.313. The lowest BCUT2D eigenvalue weighted by Crippen LogP contribution is -2.51. The Labute approximate surface area is 243 Å². The summed E-state index contributed by atoms with van der Waals surface area (Å²) in [5.74, 6) is -0.737. The summed E-state index contributed by atoms with van der Waals surface area (Å²) >= 11 is 19.0. The van der Waals surface area contributed by atoms with Gasteiger partial charge in [0.25, 0.3) is 10.0 Å². The van der Waals surface area contributed by atoms with E-state index in [1.807, 2.05) is 0 Å². The van der Waals surface area contributed by atoms with Crippen LogP contribution in [0.1, 0.15) is 19.4 Å². The van der Waals surface area contributed by atoms with Crippen LogP contribution in [0.3, 0.4) is 0 Å². The predicted molar refractivity (Wildman–Crippen MR) is 154 cm³/mol. The molecule has 12 heteroatoms. The van der Waals surface area contributed by atoms with Gasteiger partial charge in [0.2, 0.25) is 11.8 Å². The van der Waals surface area contributed by atoms with Crippen molar-refractivity contribution in [1.29, 1.82) is 0 Å². The maximum Gasteiger partial charge on any atom is 0.264 e. The van der Waals surface area contributed by atoms with Crippen molar-refractivity contribution < 1.29 is 22.7 Å². The van der Waals surface area contributed by atoms with Gasteiger partial charge in [-0.1, -0.05) is 59.1 Å². The molecule has 0 unspecified atom stereocenters. The van der Waals surface area contributed by atoms with Crippen LogP contribution in [0.5, 0.6) is 5.75 Å². The molecule has 1 N–H and O–H groups in total. The van der Waals surface area contributed by atoms with Gasteiger partial charge in [-0.2, -0.15) is 0 Å². The summed E-state index contributed by atoms with van der Waals surface area (Å²) in [4.78, 5) is 27.9. The van der Waals surface area contributed by atoms with Crippen molar-refractivity contribution in [1.82, 2.24) is 10.2 Å². The molecular weight excluding hydrogens is 585 g/mol. The fourth-order valence-electron chi connectivity index (χ4n) is 3.82. The van der Waals surface area contributed by atoms with E-state index < -0.39 is 34.4 Å². The highest BCUT2D eigenvalue weighted by atomic mass is 35.5. The Hall–Kier alpha value is -2.98. The predicted octanol–water partition coefficient (Wildman–Crippen LogP) is 5.40. The number of rotatable bonds is 11. The lowest BCUT2D eigenvalue weighted by atomic mass is 10.1. The Morgan fingerprint density at radius 2 is 1.59 bits per heavy atom. The lowest BCUT2D eigenvalue weighted by Gasteiger charge is -2.32. The number of nitrogens with zero attached hydrogens (tertiary/aromatic N) is 2. The van der Waals surface area contributed by atoms with Gasteiger partial charge in [-0.3, -0.25) is 13.9 Å². The molecule has 0 radical (unpaired) electrons. The van der Waals surface area contributed by atoms with Crippen molar-refractivity contribution in [3.8, 4) is 5.75 Å². The average molecular weight is 613 g/mol. The minimum absolute atomic E-state index is 0.0257. The molecule has 2 amide bonds. The largest absolute Gasteiger partial charge is 0.495 e. The molecule has 8 nitrogen and oxygen atoms in total. The maximum atomic E-state index is 13.9. The molecule has 0 spiro atoms. The minimum Gasteiger partial charge on any atom is -0.495 e. The standard InChI is InChI=1S/C27H28Cl3N3O5S/c1-4-31-27(35)18(2)32(16-21-22(28)11-8-12-23(21)29)26(34)17-33(19-13-14-25(38-3)24(30)15-19)39(36,37)20-9-6-5-7-10-20/h5-15,18H,4,16-17H2,1-3H3,(H,31,35)/t18-/m0/s1. The number of halogens is 3. The van der Waals surface area contributed by atoms with Crippen LogP contribution in [-0.4, -0.2) is 51.4 Å². The molecule has 0 aliphatic rings. The highest BCUT2D eigenvalue weighted by Crippen LogP contribution is 2.32. The molecule has 208 valence electrons. The monoisotopic (exact) mass is 611 g/mol. The fourth-order valence-corrected chi connectivity index (χ4v) is 6.01. The first-order valence-electron chi connectivity index (χ1n) is 11.9. The first-order chi connectivity index (χ1) is 18.5. The average Bonchev–Trinajstić information content (AvgIpc) is 2.91. The first-order valence-corrected chi connectivity index (χ1v) is 14.5. The summed E-state index contributed by atoms with van der Waals surface area (Å²) < 4.78 is 33.7. The summed E-state index contributed by atoms with van der Waals surface area (Å²) in [6.07, 6.45) is 0. The van der Waals surface area contributed by atoms with Crippen molar-refractivity contribution in [3.05, 3.63) is 87.4 Å². The van der Waals surface area contributed by atoms with Crippen LogP contribution in [0, 0.1) is 0 Å². The third-order valence-corrected chi connectivity index (χ3v) is 8.73. The lowest BCUT2D eigenvalue weighted by molar-refractivity contribution is -0.139. The summed E-state index contributed by atoms with van der Waals surface area (Å²) in [6.45, 7) is 2.89. The SMILES string of the molecule is CCNC(=O)[C@H](C)N(Cc1c(Cl)cccc1Cl)C(=O)CN(c1ccc(OC)c(Cl)c1)S(=O)(=O)c1ccccc1. The second kappa shape index (κ2) is 13.4. The Morgan fingerprint density at radius 3 is 2.15 bits per heavy atom. The second-order valence-electron chi connectivity index (χ2n) is 8.44. The van der Waals surface area contributed by atoms with E-state index in [0.717, 1.165) is 4.31 Å². The molecule has 0 aromatic heterocycles. The van der Waals surface area contributed by atoms with Gasteiger partial charge in [0.1, 0.15) is 18.3 Å². The zero-order chi connectivity index (χ0) is 28.7. The molecule has 39 heavy (non-hydrogen) atoms. The molecule has 0 saturated heterocycles. The van der Waals surface area contributed by atoms with Crippen molar-refractivity contribution in [2.24, 2.45) is 0 Å². The third kappa shape index (κ3) is 7.16. The zero-order valence-electron chi connectivity index (χ0n) is 21.5. The van der Waals surface area contributed by atoms with Crippen LogP contribution in [0.4, 0.5) is 5.69 Å². The van der Waals surface area contributed by atoms with E-state index in [4.69, 9.17) is 39.5 Å². The van der Waals surface area contributed by atoms with Crippen LogP contribution in [0.25, 0.3) is 0 Å². The van der Waals surface area contributed by atoms with Gasteiger partial charge in [-0.05, 0) is 56.3 Å². The van der Waals surface area contributed by atoms with Gasteiger partial charge < -0.3 is 15.0 Å². The Bertz CT molecular complexity index is 1420. The van der Waals surface area contributed by atoms with E-state index in [-0.39, 0.29) is 22.2 Å². The van der Waals surface area contributed by atoms with E-state index >= 15 is 0 Å². The summed E-state index contributed by atoms with van der Waals surface area (Å²) in [5, 5.41) is 3.46. The van der Waals surface area contributed by atoms with E-state index in [1.54, 1.807) is 50.2 Å². The van der Waals surface area contributed by atoms with Gasteiger partial charge in [0.15, 0.2) is 0 Å². The molecule has 1 atom stereocenters. The van der Waals surface area contributed by atoms with E-state index in [9.17, 15) is 18.0 Å². The molecule has 3 rings (SSSR count). The Balaban J connectivity index is 2.09. The molecule has 0 heterocycles. The Kier molecular flexibility index (Phi) is 10.5. The number of anilines is 1. The van der Waals surface area contributed by atoms with E-state index in [0.29, 0.717) is 27.9 Å². The number of benzene rings is 3.